The minimum atomic E-state index is -2.33. The summed E-state index contributed by atoms with van der Waals surface area (Å²) in [6.07, 6.45) is -2.33. The molecule has 0 bridgehead atoms. The van der Waals surface area contributed by atoms with Crippen LogP contribution in [0.3, 0.4) is 0 Å². The zero-order valence-electron chi connectivity index (χ0n) is 3.72. The topological polar surface area (TPSA) is 63.2 Å². The smallest absolute Gasteiger partial charge is 0 e. The Hall–Kier alpha value is 0.465. The third kappa shape index (κ3) is 248. The summed E-state index contributed by atoms with van der Waals surface area (Å²) in [4.78, 5) is 8.33. The molecule has 3 nitrogen and oxygen atoms in total. The van der Waals surface area contributed by atoms with E-state index in [2.05, 4.69) is 0 Å². The summed E-state index contributed by atoms with van der Waals surface area (Å²) in [5, 5.41) is 16.7. The van der Waals surface area contributed by atoms with Gasteiger partial charge in [-0.25, -0.2) is 0 Å². The Kier molecular flexibility index (Phi) is 24.3. The molecule has 0 saturated carbocycles. The van der Waals surface area contributed by atoms with Gasteiger partial charge in [-0.1, -0.05) is 0 Å². The van der Waals surface area contributed by atoms with Crippen LogP contribution in [0.2, 0.25) is 0 Å². The maximum absolute atomic E-state index is 8.33. The third-order valence-electron chi connectivity index (χ3n) is 0. The van der Waals surface area contributed by atoms with Gasteiger partial charge in [0, 0.05) is 37.7 Å². The van der Waals surface area contributed by atoms with E-state index >= 15 is 0 Å². The van der Waals surface area contributed by atoms with Gasteiger partial charge < -0.3 is 15.0 Å². The average molecular weight is 73.9 g/mol. The van der Waals surface area contributed by atoms with Crippen LogP contribution in [0.25, 0.3) is 0 Å². The Morgan fingerprint density at radius 2 is 1.17 bits per heavy atom. The van der Waals surface area contributed by atoms with Crippen molar-refractivity contribution >= 4 is 43.9 Å². The molecule has 0 amide bonds. The second-order valence-electron chi connectivity index (χ2n) is 0.250. The van der Waals surface area contributed by atoms with Crippen molar-refractivity contribution in [1.82, 2.24) is 0 Å². The predicted molar refractivity (Wildman–Crippen MR) is 16.9 cm³/mol. The molecule has 0 atom stereocenters. The second-order valence-corrected chi connectivity index (χ2v) is 0.250. The quantitative estimate of drug-likeness (QED) is 0.284. The summed E-state index contributed by atoms with van der Waals surface area (Å²) in [6.45, 7) is 0. The van der Waals surface area contributed by atoms with E-state index in [9.17, 15) is 0 Å². The van der Waals surface area contributed by atoms with E-state index in [-0.39, 0.29) is 37.7 Å². The molecule has 0 aromatic carbocycles. The monoisotopic (exact) mass is 74.0 g/mol. The maximum Gasteiger partial charge on any atom is 0 e. The van der Waals surface area contributed by atoms with Gasteiger partial charge in [0.05, 0.1) is 0 Å². The largest absolute Gasteiger partial charge is 0.652 e. The Balaban J connectivity index is -0.0000000450. The van der Waals surface area contributed by atoms with E-state index in [0.717, 1.165) is 0 Å². The van der Waals surface area contributed by atoms with E-state index in [1.165, 1.54) is 0 Å². The first-order valence-corrected chi connectivity index (χ1v) is 0.612. The van der Waals surface area contributed by atoms with Crippen molar-refractivity contribution in [2.75, 3.05) is 0 Å². The summed E-state index contributed by atoms with van der Waals surface area (Å²) in [7, 11) is 0. The van der Waals surface area contributed by atoms with Crippen molar-refractivity contribution in [3.8, 4) is 0 Å². The Morgan fingerprint density at radius 1 is 1.17 bits per heavy atom. The zero-order chi connectivity index (χ0) is 3.58. The van der Waals surface area contributed by atoms with Gasteiger partial charge in [0.15, 0.2) is 0 Å². The van der Waals surface area contributed by atoms with Gasteiger partial charge in [0.25, 0.3) is 0 Å². The molecule has 5 heteroatoms. The Morgan fingerprint density at radius 3 is 1.17 bits per heavy atom. The average Bonchev–Trinajstić information content (AvgIpc) is 0.811. The zero-order valence-corrected chi connectivity index (χ0v) is 3.72. The molecule has 0 heterocycles. The van der Waals surface area contributed by atoms with Gasteiger partial charge in [-0.3, -0.25) is 0 Å². The maximum atomic E-state index is 8.33. The van der Waals surface area contributed by atoms with Crippen LogP contribution >= 0.6 is 0 Å². The molecule has 0 aliphatic carbocycles. The molecule has 0 N–H and O–H groups in total. The van der Waals surface area contributed by atoms with Crippen molar-refractivity contribution in [3.63, 3.8) is 0 Å². The fourth-order valence-corrected chi connectivity index (χ4v) is 0. The first kappa shape index (κ1) is 16.1. The standard InChI is InChI=1S/CH2O3.2Li/c2-1(3)4;;/h(H2,2,3,4);;/p-2. The fourth-order valence-electron chi connectivity index (χ4n) is 0. The van der Waals surface area contributed by atoms with Crippen LogP contribution in [-0.2, 0) is 0 Å². The minimum absolute atomic E-state index is 0. The van der Waals surface area contributed by atoms with Gasteiger partial charge >= 0.3 is 0 Å². The first-order valence-electron chi connectivity index (χ1n) is 0.612. The molecule has 0 aliphatic heterocycles. The van der Waals surface area contributed by atoms with Crippen LogP contribution in [0, 0.1) is 0 Å². The molecule has 0 aliphatic rings. The number of carbonyl (C=O) groups is 1. The summed E-state index contributed by atoms with van der Waals surface area (Å²) in [6, 6.07) is 0. The normalized spacial score (nSPS) is 4.00. The third-order valence-corrected chi connectivity index (χ3v) is 0. The van der Waals surface area contributed by atoms with Crippen molar-refractivity contribution in [2.24, 2.45) is 0 Å². The first-order chi connectivity index (χ1) is 1.73. The molecular formula is CLi2O3-2. The Bertz CT molecular complexity index is 31.8. The summed E-state index contributed by atoms with van der Waals surface area (Å²) in [5.41, 5.74) is 0. The molecule has 0 aromatic rings. The molecule has 0 aromatic heterocycles. The van der Waals surface area contributed by atoms with E-state index in [1.807, 2.05) is 0 Å². The van der Waals surface area contributed by atoms with Crippen LogP contribution in [0.15, 0.2) is 0 Å². The van der Waals surface area contributed by atoms with Crippen molar-refractivity contribution in [1.29, 1.82) is 0 Å². The van der Waals surface area contributed by atoms with Gasteiger partial charge in [-0.15, -0.1) is 0 Å². The van der Waals surface area contributed by atoms with Crippen molar-refractivity contribution in [3.05, 3.63) is 0 Å². The summed E-state index contributed by atoms with van der Waals surface area (Å²) < 4.78 is 0. The van der Waals surface area contributed by atoms with Crippen LogP contribution in [0.5, 0.6) is 0 Å². The molecule has 0 fully saturated rings. The number of hydrogen-bond acceptors (Lipinski definition) is 3. The van der Waals surface area contributed by atoms with Gasteiger partial charge in [-0.2, -0.15) is 0 Å². The summed E-state index contributed by atoms with van der Waals surface area (Å²) in [5.74, 6) is 0. The second kappa shape index (κ2) is 9.07. The van der Waals surface area contributed by atoms with E-state index < -0.39 is 6.16 Å². The molecule has 26 valence electrons. The predicted octanol–water partition coefficient (Wildman–Crippen LogP) is -3.21. The molecule has 2 radical (unpaired) electrons. The molecule has 0 unspecified atom stereocenters. The fraction of sp³-hybridized carbons (Fsp3) is 0. The number of rotatable bonds is 0. The van der Waals surface area contributed by atoms with Crippen molar-refractivity contribution < 1.29 is 15.0 Å². The minimum Gasteiger partial charge on any atom is -0.652 e. The SMILES string of the molecule is O=C([O-])[O-].[Li].[Li]. The van der Waals surface area contributed by atoms with E-state index in [0.29, 0.717) is 0 Å². The molecule has 0 rings (SSSR count). The summed E-state index contributed by atoms with van der Waals surface area (Å²) >= 11 is 0. The Labute approximate surface area is 59.1 Å². The molecular weight excluding hydrogens is 73.9 g/mol. The number of hydrogen-bond donors (Lipinski definition) is 0. The molecule has 6 heavy (non-hydrogen) atoms. The molecule has 0 saturated heterocycles. The van der Waals surface area contributed by atoms with Gasteiger partial charge in [-0.05, 0) is 6.16 Å². The van der Waals surface area contributed by atoms with Gasteiger partial charge in [0.1, 0.15) is 0 Å². The number of carbonyl (C=O) groups excluding carboxylic acids is 1. The van der Waals surface area contributed by atoms with Crippen LogP contribution in [-0.4, -0.2) is 43.9 Å². The number of carboxylic acid groups (broad SMARTS) is 2. The van der Waals surface area contributed by atoms with Crippen LogP contribution in [0.4, 0.5) is 4.79 Å². The van der Waals surface area contributed by atoms with Gasteiger partial charge in [0.2, 0.25) is 0 Å². The van der Waals surface area contributed by atoms with Crippen LogP contribution < -0.4 is 10.2 Å². The molecule has 0 spiro atoms. The van der Waals surface area contributed by atoms with E-state index in [1.54, 1.807) is 0 Å². The van der Waals surface area contributed by atoms with E-state index in [4.69, 9.17) is 15.0 Å². The van der Waals surface area contributed by atoms with Crippen LogP contribution in [0.1, 0.15) is 0 Å². The van der Waals surface area contributed by atoms with Crippen molar-refractivity contribution in [2.45, 2.75) is 0 Å².